The van der Waals surface area contributed by atoms with E-state index in [2.05, 4.69) is 22.3 Å². The first-order valence-corrected chi connectivity index (χ1v) is 10.9. The number of amides is 1. The summed E-state index contributed by atoms with van der Waals surface area (Å²) in [4.78, 5) is 14.5. The summed E-state index contributed by atoms with van der Waals surface area (Å²) in [6, 6.07) is 10.0. The smallest absolute Gasteiger partial charge is 0.407 e. The van der Waals surface area contributed by atoms with Crippen molar-refractivity contribution in [1.29, 1.82) is 0 Å². The molecule has 3 atom stereocenters. The predicted octanol–water partition coefficient (Wildman–Crippen LogP) is 2.06. The maximum absolute atomic E-state index is 12.2. The minimum Gasteiger partial charge on any atom is -0.444 e. The third kappa shape index (κ3) is 4.98. The lowest BCUT2D eigenvalue weighted by Gasteiger charge is -2.47. The van der Waals surface area contributed by atoms with Crippen molar-refractivity contribution >= 4 is 15.9 Å². The van der Waals surface area contributed by atoms with Gasteiger partial charge in [0.15, 0.2) is 9.84 Å². The zero-order chi connectivity index (χ0) is 18.9. The second-order valence-electron chi connectivity index (χ2n) is 8.45. The molecule has 1 aromatic carbocycles. The second-order valence-corrected chi connectivity index (χ2v) is 10.6. The van der Waals surface area contributed by atoms with Crippen LogP contribution >= 0.6 is 0 Å². The minimum absolute atomic E-state index is 0.108. The number of carbonyl (C=O) groups is 1. The van der Waals surface area contributed by atoms with Crippen LogP contribution in [0.25, 0.3) is 0 Å². The molecule has 0 aromatic heterocycles. The summed E-state index contributed by atoms with van der Waals surface area (Å²) in [5, 5.41) is 2.95. The van der Waals surface area contributed by atoms with Crippen LogP contribution < -0.4 is 5.32 Å². The topological polar surface area (TPSA) is 75.7 Å². The van der Waals surface area contributed by atoms with Crippen molar-refractivity contribution in [3.63, 3.8) is 0 Å². The Bertz CT molecular complexity index is 721. The van der Waals surface area contributed by atoms with E-state index in [4.69, 9.17) is 4.74 Å². The van der Waals surface area contributed by atoms with Crippen molar-refractivity contribution in [3.05, 3.63) is 35.9 Å². The quantitative estimate of drug-likeness (QED) is 0.869. The Hall–Kier alpha value is -1.60. The van der Waals surface area contributed by atoms with Crippen LogP contribution in [-0.4, -0.2) is 55.6 Å². The number of rotatable bonds is 3. The molecule has 2 aliphatic rings. The zero-order valence-corrected chi connectivity index (χ0v) is 16.5. The van der Waals surface area contributed by atoms with E-state index in [1.54, 1.807) is 0 Å². The second kappa shape index (κ2) is 7.19. The van der Waals surface area contributed by atoms with Gasteiger partial charge in [0, 0.05) is 37.5 Å². The fourth-order valence-corrected chi connectivity index (χ4v) is 6.10. The first-order valence-electron chi connectivity index (χ1n) is 9.07. The summed E-state index contributed by atoms with van der Waals surface area (Å²) < 4.78 is 29.8. The van der Waals surface area contributed by atoms with Crippen LogP contribution in [0.3, 0.4) is 0 Å². The van der Waals surface area contributed by atoms with Gasteiger partial charge in [-0.2, -0.15) is 0 Å². The molecule has 0 saturated carbocycles. The molecule has 144 valence electrons. The summed E-state index contributed by atoms with van der Waals surface area (Å²) in [6.07, 6.45) is -0.465. The van der Waals surface area contributed by atoms with Crippen LogP contribution in [0, 0.1) is 11.8 Å². The molecule has 1 unspecified atom stereocenters. The van der Waals surface area contributed by atoms with Gasteiger partial charge < -0.3 is 10.1 Å². The van der Waals surface area contributed by atoms with Crippen molar-refractivity contribution < 1.29 is 17.9 Å². The Labute approximate surface area is 155 Å². The highest BCUT2D eigenvalue weighted by Gasteiger charge is 2.46. The number of likely N-dealkylation sites (tertiary alicyclic amines) is 1. The molecule has 2 heterocycles. The Kier molecular flexibility index (Phi) is 5.30. The van der Waals surface area contributed by atoms with Crippen LogP contribution in [0.1, 0.15) is 26.3 Å². The minimum atomic E-state index is -3.06. The molecule has 7 heteroatoms. The van der Waals surface area contributed by atoms with Crippen LogP contribution in [0.15, 0.2) is 30.3 Å². The number of alkyl carbamates (subject to hydrolysis) is 1. The van der Waals surface area contributed by atoms with Crippen molar-refractivity contribution in [3.8, 4) is 0 Å². The van der Waals surface area contributed by atoms with Crippen LogP contribution in [0.4, 0.5) is 4.79 Å². The summed E-state index contributed by atoms with van der Waals surface area (Å²) >= 11 is 0. The van der Waals surface area contributed by atoms with Crippen LogP contribution in [0.5, 0.6) is 0 Å². The highest BCUT2D eigenvalue weighted by atomic mass is 32.2. The van der Waals surface area contributed by atoms with Crippen LogP contribution in [-0.2, 0) is 21.1 Å². The van der Waals surface area contributed by atoms with E-state index in [0.717, 1.165) is 6.54 Å². The number of piperidine rings is 1. The van der Waals surface area contributed by atoms with E-state index in [0.29, 0.717) is 13.1 Å². The summed E-state index contributed by atoms with van der Waals surface area (Å²) in [5.74, 6) is 0.0253. The number of hydrogen-bond acceptors (Lipinski definition) is 5. The maximum atomic E-state index is 12.2. The number of fused-ring (bicyclic) bond motifs is 2. The van der Waals surface area contributed by atoms with E-state index >= 15 is 0 Å². The molecule has 0 spiro atoms. The average Bonchev–Trinajstić information content (AvgIpc) is 2.47. The van der Waals surface area contributed by atoms with Crippen molar-refractivity contribution in [2.75, 3.05) is 24.6 Å². The van der Waals surface area contributed by atoms with Gasteiger partial charge in [-0.15, -0.1) is 0 Å². The number of carbonyl (C=O) groups excluding carboxylic acids is 1. The molecule has 2 bridgehead atoms. The third-order valence-electron chi connectivity index (χ3n) is 4.87. The number of nitrogens with zero attached hydrogens (tertiary/aromatic N) is 1. The lowest BCUT2D eigenvalue weighted by Crippen LogP contribution is -2.62. The van der Waals surface area contributed by atoms with E-state index in [1.165, 1.54) is 5.56 Å². The first-order chi connectivity index (χ1) is 12.1. The van der Waals surface area contributed by atoms with Gasteiger partial charge in [0.05, 0.1) is 11.5 Å². The van der Waals surface area contributed by atoms with Gasteiger partial charge in [0.1, 0.15) is 5.60 Å². The standard InChI is InChI=1S/C19H28N2O4S/c1-19(2,3)25-18(22)20-17-15-10-21(9-14-7-5-4-6-8-14)11-16(17)13-26(23,24)12-15/h4-8,15-17H,9-13H2,1-3H3,(H,20,22)/t15-,16+,17?. The number of nitrogens with one attached hydrogen (secondary N) is 1. The molecular weight excluding hydrogens is 352 g/mol. The fourth-order valence-electron chi connectivity index (χ4n) is 4.03. The molecule has 2 aliphatic heterocycles. The lowest BCUT2D eigenvalue weighted by atomic mass is 9.85. The fraction of sp³-hybridized carbons (Fsp3) is 0.632. The molecule has 2 fully saturated rings. The van der Waals surface area contributed by atoms with Gasteiger partial charge >= 0.3 is 6.09 Å². The normalized spacial score (nSPS) is 28.3. The highest BCUT2D eigenvalue weighted by molar-refractivity contribution is 7.91. The van der Waals surface area contributed by atoms with E-state index in [-0.39, 0.29) is 29.4 Å². The number of hydrogen-bond donors (Lipinski definition) is 1. The van der Waals surface area contributed by atoms with Crippen molar-refractivity contribution in [1.82, 2.24) is 10.2 Å². The lowest BCUT2D eigenvalue weighted by molar-refractivity contribution is 0.0359. The average molecular weight is 381 g/mol. The van der Waals surface area contributed by atoms with Gasteiger partial charge in [-0.05, 0) is 26.3 Å². The molecule has 3 rings (SSSR count). The van der Waals surface area contributed by atoms with E-state index in [9.17, 15) is 13.2 Å². The molecule has 0 aliphatic carbocycles. The van der Waals surface area contributed by atoms with Crippen molar-refractivity contribution in [2.45, 2.75) is 39.0 Å². The first kappa shape index (κ1) is 19.2. The Balaban J connectivity index is 1.70. The molecule has 0 radical (unpaired) electrons. The highest BCUT2D eigenvalue weighted by Crippen LogP contribution is 2.31. The molecule has 1 amide bonds. The van der Waals surface area contributed by atoms with Gasteiger partial charge in [0.25, 0.3) is 0 Å². The Morgan fingerprint density at radius 2 is 1.73 bits per heavy atom. The largest absolute Gasteiger partial charge is 0.444 e. The molecule has 6 nitrogen and oxygen atoms in total. The Morgan fingerprint density at radius 3 is 2.27 bits per heavy atom. The molecule has 1 N–H and O–H groups in total. The SMILES string of the molecule is CC(C)(C)OC(=O)NC1[C@@H]2CN(Cc3ccccc3)C[C@H]1CS(=O)(=O)C2. The Morgan fingerprint density at radius 1 is 1.15 bits per heavy atom. The zero-order valence-electron chi connectivity index (χ0n) is 15.6. The molecular formula is C19H28N2O4S. The van der Waals surface area contributed by atoms with Crippen LogP contribution in [0.2, 0.25) is 0 Å². The summed E-state index contributed by atoms with van der Waals surface area (Å²) in [5.41, 5.74) is 0.645. The summed E-state index contributed by atoms with van der Waals surface area (Å²) in [6.45, 7) is 7.57. The summed E-state index contributed by atoms with van der Waals surface area (Å²) in [7, 11) is -3.06. The van der Waals surface area contributed by atoms with Gasteiger partial charge in [-0.1, -0.05) is 30.3 Å². The predicted molar refractivity (Wildman–Crippen MR) is 101 cm³/mol. The van der Waals surface area contributed by atoms with E-state index in [1.807, 2.05) is 39.0 Å². The van der Waals surface area contributed by atoms with E-state index < -0.39 is 21.5 Å². The molecule has 2 saturated heterocycles. The third-order valence-corrected chi connectivity index (χ3v) is 6.74. The number of sulfone groups is 1. The number of benzene rings is 1. The molecule has 1 aromatic rings. The maximum Gasteiger partial charge on any atom is 0.407 e. The van der Waals surface area contributed by atoms with Gasteiger partial charge in [0.2, 0.25) is 0 Å². The molecule has 26 heavy (non-hydrogen) atoms. The monoisotopic (exact) mass is 380 g/mol. The van der Waals surface area contributed by atoms with Gasteiger partial charge in [-0.25, -0.2) is 13.2 Å². The van der Waals surface area contributed by atoms with Crippen molar-refractivity contribution in [2.24, 2.45) is 11.8 Å². The van der Waals surface area contributed by atoms with Gasteiger partial charge in [-0.3, -0.25) is 4.90 Å². The number of ether oxygens (including phenoxy) is 1.